The Kier molecular flexibility index (Phi) is 5.49. The van der Waals surface area contributed by atoms with Gasteiger partial charge < -0.3 is 5.32 Å². The van der Waals surface area contributed by atoms with Gasteiger partial charge in [0.15, 0.2) is 0 Å². The SMILES string of the molecule is Cc1ccc(NC(=O)C(=O)N/N=C\c2cccc(Cl)c2)cc1C. The number of nitrogens with one attached hydrogen (secondary N) is 2. The van der Waals surface area contributed by atoms with E-state index in [-0.39, 0.29) is 0 Å². The maximum absolute atomic E-state index is 11.8. The normalized spacial score (nSPS) is 10.6. The van der Waals surface area contributed by atoms with Gasteiger partial charge in [-0.3, -0.25) is 9.59 Å². The number of carbonyl (C=O) groups excluding carboxylic acids is 2. The van der Waals surface area contributed by atoms with Gasteiger partial charge in [-0.1, -0.05) is 29.8 Å². The summed E-state index contributed by atoms with van der Waals surface area (Å²) in [4.78, 5) is 23.5. The van der Waals surface area contributed by atoms with Crippen molar-refractivity contribution in [3.8, 4) is 0 Å². The van der Waals surface area contributed by atoms with Gasteiger partial charge in [0.05, 0.1) is 6.21 Å². The van der Waals surface area contributed by atoms with Crippen LogP contribution in [0.4, 0.5) is 5.69 Å². The van der Waals surface area contributed by atoms with Gasteiger partial charge in [0.25, 0.3) is 0 Å². The molecule has 0 radical (unpaired) electrons. The zero-order valence-corrected chi connectivity index (χ0v) is 13.5. The molecule has 0 aromatic heterocycles. The van der Waals surface area contributed by atoms with E-state index in [9.17, 15) is 9.59 Å². The van der Waals surface area contributed by atoms with Gasteiger partial charge in [-0.05, 0) is 54.8 Å². The van der Waals surface area contributed by atoms with E-state index in [0.29, 0.717) is 16.3 Å². The Morgan fingerprint density at radius 3 is 2.52 bits per heavy atom. The van der Waals surface area contributed by atoms with Crippen LogP contribution in [0.3, 0.4) is 0 Å². The lowest BCUT2D eigenvalue weighted by Crippen LogP contribution is -2.32. The zero-order valence-electron chi connectivity index (χ0n) is 12.8. The van der Waals surface area contributed by atoms with E-state index in [1.807, 2.05) is 19.9 Å². The Morgan fingerprint density at radius 1 is 1.04 bits per heavy atom. The van der Waals surface area contributed by atoms with Crippen LogP contribution in [-0.2, 0) is 9.59 Å². The molecule has 2 amide bonds. The van der Waals surface area contributed by atoms with E-state index in [2.05, 4.69) is 15.8 Å². The molecule has 0 spiro atoms. The van der Waals surface area contributed by atoms with E-state index in [4.69, 9.17) is 11.6 Å². The molecular formula is C17H16ClN3O2. The van der Waals surface area contributed by atoms with Crippen LogP contribution in [0, 0.1) is 13.8 Å². The molecule has 2 N–H and O–H groups in total. The van der Waals surface area contributed by atoms with Gasteiger partial charge in [-0.25, -0.2) is 5.43 Å². The van der Waals surface area contributed by atoms with Crippen molar-refractivity contribution in [2.24, 2.45) is 5.10 Å². The topological polar surface area (TPSA) is 70.6 Å². The Balaban J connectivity index is 1.92. The molecule has 0 saturated heterocycles. The number of benzene rings is 2. The molecule has 0 atom stereocenters. The van der Waals surface area contributed by atoms with Crippen LogP contribution < -0.4 is 10.7 Å². The predicted octanol–water partition coefficient (Wildman–Crippen LogP) is 3.05. The van der Waals surface area contributed by atoms with Crippen molar-refractivity contribution in [2.45, 2.75) is 13.8 Å². The van der Waals surface area contributed by atoms with Crippen LogP contribution in [0.25, 0.3) is 0 Å². The molecule has 0 aliphatic heterocycles. The number of rotatable bonds is 3. The van der Waals surface area contributed by atoms with Crippen LogP contribution in [0.1, 0.15) is 16.7 Å². The third-order valence-corrected chi connectivity index (χ3v) is 3.43. The molecule has 23 heavy (non-hydrogen) atoms. The van der Waals surface area contributed by atoms with Crippen LogP contribution in [0.5, 0.6) is 0 Å². The predicted molar refractivity (Wildman–Crippen MR) is 91.7 cm³/mol. The van der Waals surface area contributed by atoms with Gasteiger partial charge in [0.2, 0.25) is 0 Å². The highest BCUT2D eigenvalue weighted by Gasteiger charge is 2.12. The van der Waals surface area contributed by atoms with E-state index in [1.165, 1.54) is 6.21 Å². The van der Waals surface area contributed by atoms with Crippen LogP contribution >= 0.6 is 11.6 Å². The lowest BCUT2D eigenvalue weighted by atomic mass is 10.1. The fourth-order valence-electron chi connectivity index (χ4n) is 1.81. The van der Waals surface area contributed by atoms with Gasteiger partial charge in [-0.15, -0.1) is 0 Å². The highest BCUT2D eigenvalue weighted by Crippen LogP contribution is 2.14. The Bertz CT molecular complexity index is 772. The fraction of sp³-hybridized carbons (Fsp3) is 0.118. The average molecular weight is 330 g/mol. The quantitative estimate of drug-likeness (QED) is 0.516. The number of halogens is 1. The summed E-state index contributed by atoms with van der Waals surface area (Å²) >= 11 is 5.84. The first-order valence-corrected chi connectivity index (χ1v) is 7.31. The van der Waals surface area contributed by atoms with Crippen LogP contribution in [0.2, 0.25) is 5.02 Å². The molecule has 0 bridgehead atoms. The number of amides is 2. The van der Waals surface area contributed by atoms with E-state index >= 15 is 0 Å². The number of hydrogen-bond acceptors (Lipinski definition) is 3. The number of hydrogen-bond donors (Lipinski definition) is 2. The van der Waals surface area contributed by atoms with Crippen molar-refractivity contribution in [3.63, 3.8) is 0 Å². The monoisotopic (exact) mass is 329 g/mol. The summed E-state index contributed by atoms with van der Waals surface area (Å²) in [6.07, 6.45) is 1.41. The van der Waals surface area contributed by atoms with Gasteiger partial charge in [-0.2, -0.15) is 5.10 Å². The lowest BCUT2D eigenvalue weighted by Gasteiger charge is -2.06. The zero-order chi connectivity index (χ0) is 16.8. The summed E-state index contributed by atoms with van der Waals surface area (Å²) in [5, 5.41) is 6.82. The van der Waals surface area contributed by atoms with Crippen LogP contribution in [0.15, 0.2) is 47.6 Å². The smallest absolute Gasteiger partial charge is 0.318 e. The van der Waals surface area contributed by atoms with E-state index in [0.717, 1.165) is 11.1 Å². The van der Waals surface area contributed by atoms with Crippen molar-refractivity contribution >= 4 is 35.3 Å². The minimum absolute atomic E-state index is 0.562. The largest absolute Gasteiger partial charge is 0.329 e. The summed E-state index contributed by atoms with van der Waals surface area (Å²) in [5.74, 6) is -1.63. The molecular weight excluding hydrogens is 314 g/mol. The van der Waals surface area contributed by atoms with Crippen molar-refractivity contribution in [3.05, 3.63) is 64.2 Å². The molecule has 2 aromatic rings. The number of anilines is 1. The molecule has 2 aromatic carbocycles. The summed E-state index contributed by atoms with van der Waals surface area (Å²) in [6, 6.07) is 12.4. The first-order valence-electron chi connectivity index (χ1n) is 6.93. The third kappa shape index (κ3) is 4.93. The molecule has 0 heterocycles. The van der Waals surface area contributed by atoms with Gasteiger partial charge in [0, 0.05) is 10.7 Å². The highest BCUT2D eigenvalue weighted by molar-refractivity contribution is 6.39. The third-order valence-electron chi connectivity index (χ3n) is 3.20. The number of nitrogens with zero attached hydrogens (tertiary/aromatic N) is 1. The number of hydrazone groups is 1. The summed E-state index contributed by atoms with van der Waals surface area (Å²) in [7, 11) is 0. The second-order valence-corrected chi connectivity index (χ2v) is 5.44. The highest BCUT2D eigenvalue weighted by atomic mass is 35.5. The van der Waals surface area contributed by atoms with E-state index < -0.39 is 11.8 Å². The molecule has 0 aliphatic rings. The average Bonchev–Trinajstić information content (AvgIpc) is 2.51. The minimum atomic E-state index is -0.846. The Morgan fingerprint density at radius 2 is 1.83 bits per heavy atom. The fourth-order valence-corrected chi connectivity index (χ4v) is 2.01. The molecule has 5 nitrogen and oxygen atoms in total. The van der Waals surface area contributed by atoms with Crippen molar-refractivity contribution in [2.75, 3.05) is 5.32 Å². The van der Waals surface area contributed by atoms with E-state index in [1.54, 1.807) is 36.4 Å². The molecule has 0 unspecified atom stereocenters. The second-order valence-electron chi connectivity index (χ2n) is 5.01. The summed E-state index contributed by atoms with van der Waals surface area (Å²) < 4.78 is 0. The molecule has 2 rings (SSSR count). The van der Waals surface area contributed by atoms with Gasteiger partial charge >= 0.3 is 11.8 Å². The molecule has 0 fully saturated rings. The standard InChI is InChI=1S/C17H16ClN3O2/c1-11-6-7-15(8-12(11)2)20-16(22)17(23)21-19-10-13-4-3-5-14(18)9-13/h3-10H,1-2H3,(H,20,22)(H,21,23)/b19-10-. The maximum atomic E-state index is 11.8. The van der Waals surface area contributed by atoms with Crippen molar-refractivity contribution < 1.29 is 9.59 Å². The molecule has 0 aliphatic carbocycles. The Hall–Kier alpha value is -2.66. The number of carbonyl (C=O) groups is 2. The summed E-state index contributed by atoms with van der Waals surface area (Å²) in [5.41, 5.74) is 5.59. The molecule has 6 heteroatoms. The maximum Gasteiger partial charge on any atom is 0.329 e. The second kappa shape index (κ2) is 7.56. The minimum Gasteiger partial charge on any atom is -0.318 e. The first kappa shape index (κ1) is 16.7. The molecule has 0 saturated carbocycles. The molecule has 118 valence electrons. The Labute approximate surface area is 139 Å². The van der Waals surface area contributed by atoms with Gasteiger partial charge in [0.1, 0.15) is 0 Å². The summed E-state index contributed by atoms with van der Waals surface area (Å²) in [6.45, 7) is 3.90. The van der Waals surface area contributed by atoms with Crippen molar-refractivity contribution in [1.29, 1.82) is 0 Å². The first-order chi connectivity index (χ1) is 11.0. The van der Waals surface area contributed by atoms with Crippen LogP contribution in [-0.4, -0.2) is 18.0 Å². The van der Waals surface area contributed by atoms with Crippen molar-refractivity contribution in [1.82, 2.24) is 5.43 Å². The number of aryl methyl sites for hydroxylation is 2. The lowest BCUT2D eigenvalue weighted by molar-refractivity contribution is -0.136.